The first-order chi connectivity index (χ1) is 8.10. The molecule has 2 N–H and O–H groups in total. The van der Waals surface area contributed by atoms with Gasteiger partial charge in [0.2, 0.25) is 0 Å². The molecule has 2 aromatic rings. The fourth-order valence-corrected chi connectivity index (χ4v) is 2.01. The maximum absolute atomic E-state index is 11.9. The SMILES string of the molecule is CCC(N)CC(=O)c1cc2cc(Br)ccc2o1. The van der Waals surface area contributed by atoms with Crippen molar-refractivity contribution in [3.63, 3.8) is 0 Å². The van der Waals surface area contributed by atoms with E-state index in [2.05, 4.69) is 15.9 Å². The van der Waals surface area contributed by atoms with Gasteiger partial charge in [0.25, 0.3) is 0 Å². The summed E-state index contributed by atoms with van der Waals surface area (Å²) in [5, 5.41) is 0.924. The van der Waals surface area contributed by atoms with Crippen LogP contribution in [-0.2, 0) is 0 Å². The molecule has 0 aliphatic heterocycles. The highest BCUT2D eigenvalue weighted by Gasteiger charge is 2.15. The highest BCUT2D eigenvalue weighted by Crippen LogP contribution is 2.24. The first kappa shape index (κ1) is 12.3. The van der Waals surface area contributed by atoms with Crippen LogP contribution in [0.2, 0.25) is 0 Å². The Kier molecular flexibility index (Phi) is 3.64. The average molecular weight is 296 g/mol. The summed E-state index contributed by atoms with van der Waals surface area (Å²) in [6.45, 7) is 1.97. The lowest BCUT2D eigenvalue weighted by molar-refractivity contribution is 0.0949. The summed E-state index contributed by atoms with van der Waals surface area (Å²) in [5.41, 5.74) is 6.48. The van der Waals surface area contributed by atoms with Gasteiger partial charge in [-0.2, -0.15) is 0 Å². The van der Waals surface area contributed by atoms with Crippen molar-refractivity contribution < 1.29 is 9.21 Å². The van der Waals surface area contributed by atoms with Crippen LogP contribution in [0.25, 0.3) is 11.0 Å². The molecule has 2 rings (SSSR count). The fourth-order valence-electron chi connectivity index (χ4n) is 1.63. The van der Waals surface area contributed by atoms with Crippen molar-refractivity contribution in [1.82, 2.24) is 0 Å². The van der Waals surface area contributed by atoms with Crippen molar-refractivity contribution in [2.75, 3.05) is 0 Å². The van der Waals surface area contributed by atoms with Gasteiger partial charge in [-0.05, 0) is 30.7 Å². The molecule has 1 atom stereocenters. The van der Waals surface area contributed by atoms with E-state index < -0.39 is 0 Å². The molecule has 1 aromatic heterocycles. The standard InChI is InChI=1S/C13H14BrNO2/c1-2-10(15)7-11(16)13-6-8-5-9(14)3-4-12(8)17-13/h3-6,10H,2,7,15H2,1H3. The molecule has 17 heavy (non-hydrogen) atoms. The summed E-state index contributed by atoms with van der Waals surface area (Å²) in [6.07, 6.45) is 1.12. The molecule has 1 aromatic carbocycles. The highest BCUT2D eigenvalue weighted by molar-refractivity contribution is 9.10. The van der Waals surface area contributed by atoms with Gasteiger partial charge in [-0.1, -0.05) is 22.9 Å². The first-order valence-corrected chi connectivity index (χ1v) is 6.37. The Balaban J connectivity index is 2.27. The van der Waals surface area contributed by atoms with Crippen molar-refractivity contribution in [3.05, 3.63) is 34.5 Å². The summed E-state index contributed by atoms with van der Waals surface area (Å²) < 4.78 is 6.47. The van der Waals surface area contributed by atoms with E-state index in [1.165, 1.54) is 0 Å². The zero-order valence-corrected chi connectivity index (χ0v) is 11.2. The normalized spacial score (nSPS) is 12.9. The summed E-state index contributed by atoms with van der Waals surface area (Å²) in [6, 6.07) is 7.33. The van der Waals surface area contributed by atoms with E-state index >= 15 is 0 Å². The number of Topliss-reactive ketones (excluding diaryl/α,β-unsaturated/α-hetero) is 1. The second kappa shape index (κ2) is 5.02. The van der Waals surface area contributed by atoms with Crippen molar-refractivity contribution in [2.45, 2.75) is 25.8 Å². The lowest BCUT2D eigenvalue weighted by Crippen LogP contribution is -2.22. The van der Waals surface area contributed by atoms with E-state index in [9.17, 15) is 4.79 Å². The van der Waals surface area contributed by atoms with Gasteiger partial charge in [-0.25, -0.2) is 0 Å². The minimum atomic E-state index is -0.0950. The number of carbonyl (C=O) groups excluding carboxylic acids is 1. The minimum absolute atomic E-state index is 0.0355. The van der Waals surface area contributed by atoms with Crippen molar-refractivity contribution >= 4 is 32.7 Å². The van der Waals surface area contributed by atoms with Crippen LogP contribution in [0, 0.1) is 0 Å². The lowest BCUT2D eigenvalue weighted by atomic mass is 10.1. The Labute approximate surface area is 108 Å². The van der Waals surface area contributed by atoms with E-state index in [0.717, 1.165) is 21.9 Å². The Bertz CT molecular complexity index is 547. The zero-order chi connectivity index (χ0) is 12.4. The molecule has 4 heteroatoms. The molecule has 0 amide bonds. The topological polar surface area (TPSA) is 56.2 Å². The third-order valence-electron chi connectivity index (χ3n) is 2.73. The van der Waals surface area contributed by atoms with Gasteiger partial charge >= 0.3 is 0 Å². The maximum Gasteiger partial charge on any atom is 0.199 e. The second-order valence-electron chi connectivity index (χ2n) is 4.09. The van der Waals surface area contributed by atoms with Crippen LogP contribution < -0.4 is 5.73 Å². The number of hydrogen-bond donors (Lipinski definition) is 1. The first-order valence-electron chi connectivity index (χ1n) is 5.58. The number of ketones is 1. The molecule has 0 radical (unpaired) electrons. The van der Waals surface area contributed by atoms with Gasteiger partial charge < -0.3 is 10.2 Å². The molecule has 0 saturated carbocycles. The third-order valence-corrected chi connectivity index (χ3v) is 3.22. The smallest absolute Gasteiger partial charge is 0.199 e. The van der Waals surface area contributed by atoms with E-state index in [1.54, 1.807) is 6.07 Å². The lowest BCUT2D eigenvalue weighted by Gasteiger charge is -2.04. The summed E-state index contributed by atoms with van der Waals surface area (Å²) in [7, 11) is 0. The molecule has 90 valence electrons. The molecular formula is C13H14BrNO2. The summed E-state index contributed by atoms with van der Waals surface area (Å²) in [5.74, 6) is 0.355. The molecule has 0 aliphatic carbocycles. The molecule has 0 saturated heterocycles. The second-order valence-corrected chi connectivity index (χ2v) is 5.00. The predicted molar refractivity (Wildman–Crippen MR) is 71.1 cm³/mol. The van der Waals surface area contributed by atoms with Crippen LogP contribution in [0.4, 0.5) is 0 Å². The fraction of sp³-hybridized carbons (Fsp3) is 0.308. The number of hydrogen-bond acceptors (Lipinski definition) is 3. The van der Waals surface area contributed by atoms with Crippen molar-refractivity contribution in [2.24, 2.45) is 5.73 Å². The number of furan rings is 1. The zero-order valence-electron chi connectivity index (χ0n) is 9.57. The molecular weight excluding hydrogens is 282 g/mol. The minimum Gasteiger partial charge on any atom is -0.453 e. The van der Waals surface area contributed by atoms with Crippen molar-refractivity contribution in [1.29, 1.82) is 0 Å². The Morgan fingerprint density at radius 2 is 2.24 bits per heavy atom. The van der Waals surface area contributed by atoms with Gasteiger partial charge in [0, 0.05) is 22.3 Å². The predicted octanol–water partition coefficient (Wildman–Crippen LogP) is 3.51. The van der Waals surface area contributed by atoms with Crippen LogP contribution in [0.5, 0.6) is 0 Å². The van der Waals surface area contributed by atoms with Crippen LogP contribution in [0.3, 0.4) is 0 Å². The van der Waals surface area contributed by atoms with E-state index in [1.807, 2.05) is 25.1 Å². The molecule has 1 unspecified atom stereocenters. The molecule has 0 aliphatic rings. The highest BCUT2D eigenvalue weighted by atomic mass is 79.9. The molecule has 0 bridgehead atoms. The summed E-state index contributed by atoms with van der Waals surface area (Å²) >= 11 is 3.38. The van der Waals surface area contributed by atoms with Crippen LogP contribution in [0.15, 0.2) is 33.2 Å². The number of rotatable bonds is 4. The van der Waals surface area contributed by atoms with Crippen LogP contribution in [-0.4, -0.2) is 11.8 Å². The van der Waals surface area contributed by atoms with Crippen molar-refractivity contribution in [3.8, 4) is 0 Å². The van der Waals surface area contributed by atoms with Gasteiger partial charge in [0.1, 0.15) is 5.58 Å². The van der Waals surface area contributed by atoms with E-state index in [-0.39, 0.29) is 11.8 Å². The van der Waals surface area contributed by atoms with Gasteiger partial charge in [-0.3, -0.25) is 4.79 Å². The van der Waals surface area contributed by atoms with Crippen LogP contribution >= 0.6 is 15.9 Å². The Morgan fingerprint density at radius 1 is 1.47 bits per heavy atom. The quantitative estimate of drug-likeness (QED) is 0.878. The number of halogens is 1. The monoisotopic (exact) mass is 295 g/mol. The number of benzene rings is 1. The number of nitrogens with two attached hydrogens (primary N) is 1. The Morgan fingerprint density at radius 3 is 2.94 bits per heavy atom. The molecule has 1 heterocycles. The number of carbonyl (C=O) groups is 1. The summed E-state index contributed by atoms with van der Waals surface area (Å²) in [4.78, 5) is 11.9. The average Bonchev–Trinajstić information content (AvgIpc) is 2.71. The van der Waals surface area contributed by atoms with Crippen LogP contribution in [0.1, 0.15) is 30.3 Å². The maximum atomic E-state index is 11.9. The largest absolute Gasteiger partial charge is 0.453 e. The van der Waals surface area contributed by atoms with Gasteiger partial charge in [0.05, 0.1) is 0 Å². The third kappa shape index (κ3) is 2.76. The molecule has 0 spiro atoms. The van der Waals surface area contributed by atoms with Gasteiger partial charge in [0.15, 0.2) is 11.5 Å². The van der Waals surface area contributed by atoms with Gasteiger partial charge in [-0.15, -0.1) is 0 Å². The van der Waals surface area contributed by atoms with E-state index in [0.29, 0.717) is 12.2 Å². The van der Waals surface area contributed by atoms with E-state index in [4.69, 9.17) is 10.2 Å². The Hall–Kier alpha value is -1.13. The number of fused-ring (bicyclic) bond motifs is 1. The molecule has 0 fully saturated rings. The molecule has 3 nitrogen and oxygen atoms in total.